The predicted octanol–water partition coefficient (Wildman–Crippen LogP) is 3.03. The van der Waals surface area contributed by atoms with Crippen molar-refractivity contribution in [1.29, 1.82) is 0 Å². The van der Waals surface area contributed by atoms with E-state index in [9.17, 15) is 4.79 Å². The Hall–Kier alpha value is -1.27. The molecule has 2 heterocycles. The summed E-state index contributed by atoms with van der Waals surface area (Å²) in [5.74, 6) is -0.0289. The topological polar surface area (TPSA) is 54.9 Å². The maximum atomic E-state index is 12.3. The minimum atomic E-state index is -0.246. The van der Waals surface area contributed by atoms with Gasteiger partial charge in [0, 0.05) is 16.5 Å². The first-order valence-electron chi connectivity index (χ1n) is 6.27. The second-order valence-electron chi connectivity index (χ2n) is 5.00. The zero-order valence-electron chi connectivity index (χ0n) is 10.9. The number of nitrogens with one attached hydrogen (secondary N) is 1. The predicted molar refractivity (Wildman–Crippen MR) is 76.7 cm³/mol. The third kappa shape index (κ3) is 2.19. The van der Waals surface area contributed by atoms with Gasteiger partial charge >= 0.3 is 0 Å². The highest BCUT2D eigenvalue weighted by atomic mass is 32.1. The molecule has 0 unspecified atom stereocenters. The van der Waals surface area contributed by atoms with Crippen molar-refractivity contribution in [2.24, 2.45) is 0 Å². The number of carbonyl (C=O) groups excluding carboxylic acids is 1. The second-order valence-corrected chi connectivity index (χ2v) is 6.48. The summed E-state index contributed by atoms with van der Waals surface area (Å²) in [7, 11) is 0. The number of hydrogen-bond acceptors (Lipinski definition) is 5. The van der Waals surface area contributed by atoms with Crippen molar-refractivity contribution in [2.75, 3.05) is 0 Å². The van der Waals surface area contributed by atoms with E-state index in [0.29, 0.717) is 5.56 Å². The lowest BCUT2D eigenvalue weighted by molar-refractivity contribution is 0.0822. The van der Waals surface area contributed by atoms with Crippen molar-refractivity contribution in [3.05, 3.63) is 32.7 Å². The van der Waals surface area contributed by atoms with Gasteiger partial charge in [-0.05, 0) is 44.6 Å². The Morgan fingerprint density at radius 1 is 1.37 bits per heavy atom. The van der Waals surface area contributed by atoms with E-state index in [1.54, 1.807) is 11.3 Å². The normalized spacial score (nSPS) is 16.9. The Kier molecular flexibility index (Phi) is 3.14. The van der Waals surface area contributed by atoms with Crippen LogP contribution in [0.2, 0.25) is 0 Å². The van der Waals surface area contributed by atoms with Gasteiger partial charge in [-0.1, -0.05) is 0 Å². The van der Waals surface area contributed by atoms with E-state index in [1.807, 2.05) is 24.6 Å². The first-order valence-corrected chi connectivity index (χ1v) is 7.98. The van der Waals surface area contributed by atoms with Gasteiger partial charge in [0.05, 0.1) is 16.8 Å². The molecule has 0 aromatic carbocycles. The summed E-state index contributed by atoms with van der Waals surface area (Å²) in [6, 6.07) is 0. The average molecular weight is 293 g/mol. The van der Waals surface area contributed by atoms with Gasteiger partial charge in [-0.25, -0.2) is 4.98 Å². The molecule has 0 aliphatic heterocycles. The van der Waals surface area contributed by atoms with Crippen LogP contribution in [0.15, 0.2) is 10.8 Å². The minimum Gasteiger partial charge on any atom is -0.340 e. The van der Waals surface area contributed by atoms with Gasteiger partial charge in [-0.15, -0.1) is 11.3 Å². The molecule has 2 aromatic rings. The summed E-state index contributed by atoms with van der Waals surface area (Å²) >= 11 is 2.96. The Morgan fingerprint density at radius 2 is 2.16 bits per heavy atom. The van der Waals surface area contributed by atoms with Crippen molar-refractivity contribution in [3.8, 4) is 0 Å². The SMILES string of the molecule is Cc1csc(C2(NC(=O)c3csnc3C)CCC2)n1. The fourth-order valence-electron chi connectivity index (χ4n) is 2.29. The van der Waals surface area contributed by atoms with Crippen LogP contribution in [0.3, 0.4) is 0 Å². The lowest BCUT2D eigenvalue weighted by Gasteiger charge is -2.40. The van der Waals surface area contributed by atoms with Crippen LogP contribution in [0.1, 0.15) is 46.0 Å². The van der Waals surface area contributed by atoms with Gasteiger partial charge in [0.2, 0.25) is 0 Å². The molecule has 0 atom stereocenters. The monoisotopic (exact) mass is 293 g/mol. The summed E-state index contributed by atoms with van der Waals surface area (Å²) < 4.78 is 4.16. The lowest BCUT2D eigenvalue weighted by Crippen LogP contribution is -2.50. The molecule has 19 heavy (non-hydrogen) atoms. The molecule has 1 aliphatic carbocycles. The summed E-state index contributed by atoms with van der Waals surface area (Å²) in [4.78, 5) is 16.9. The quantitative estimate of drug-likeness (QED) is 0.946. The highest BCUT2D eigenvalue weighted by molar-refractivity contribution is 7.09. The van der Waals surface area contributed by atoms with E-state index in [-0.39, 0.29) is 11.4 Å². The van der Waals surface area contributed by atoms with Crippen LogP contribution in [0.25, 0.3) is 0 Å². The van der Waals surface area contributed by atoms with Gasteiger partial charge < -0.3 is 5.32 Å². The first-order chi connectivity index (χ1) is 9.11. The Balaban J connectivity index is 1.84. The Morgan fingerprint density at radius 3 is 2.63 bits per heavy atom. The molecule has 6 heteroatoms. The number of hydrogen-bond donors (Lipinski definition) is 1. The van der Waals surface area contributed by atoms with Crippen molar-refractivity contribution < 1.29 is 4.79 Å². The van der Waals surface area contributed by atoms with Gasteiger partial charge in [0.1, 0.15) is 5.01 Å². The van der Waals surface area contributed by atoms with E-state index in [4.69, 9.17) is 0 Å². The molecule has 1 fully saturated rings. The molecule has 1 amide bonds. The van der Waals surface area contributed by atoms with E-state index in [0.717, 1.165) is 35.7 Å². The first kappa shape index (κ1) is 12.7. The van der Waals surface area contributed by atoms with Crippen LogP contribution in [0.5, 0.6) is 0 Å². The second kappa shape index (κ2) is 4.68. The van der Waals surface area contributed by atoms with Crippen molar-refractivity contribution in [3.63, 3.8) is 0 Å². The van der Waals surface area contributed by atoms with E-state index >= 15 is 0 Å². The third-order valence-electron chi connectivity index (χ3n) is 3.58. The van der Waals surface area contributed by atoms with Crippen molar-refractivity contribution in [1.82, 2.24) is 14.7 Å². The Bertz CT molecular complexity index is 613. The average Bonchev–Trinajstić information content (AvgIpc) is 2.92. The molecule has 1 aliphatic rings. The summed E-state index contributed by atoms with van der Waals surface area (Å²) in [6.07, 6.45) is 3.09. The molecule has 1 N–H and O–H groups in total. The third-order valence-corrected chi connectivity index (χ3v) is 5.47. The van der Waals surface area contributed by atoms with E-state index < -0.39 is 0 Å². The Labute approximate surface area is 120 Å². The van der Waals surface area contributed by atoms with Gasteiger partial charge in [0.15, 0.2) is 0 Å². The number of nitrogens with zero attached hydrogens (tertiary/aromatic N) is 2. The van der Waals surface area contributed by atoms with Crippen LogP contribution in [-0.2, 0) is 5.54 Å². The van der Waals surface area contributed by atoms with E-state index in [2.05, 4.69) is 14.7 Å². The fraction of sp³-hybridized carbons (Fsp3) is 0.462. The molecule has 100 valence electrons. The molecular formula is C13H15N3OS2. The highest BCUT2D eigenvalue weighted by Gasteiger charge is 2.42. The number of rotatable bonds is 3. The van der Waals surface area contributed by atoms with E-state index in [1.165, 1.54) is 11.5 Å². The zero-order chi connectivity index (χ0) is 13.5. The standard InChI is InChI=1S/C13H15N3OS2/c1-8-6-18-12(14-8)13(4-3-5-13)15-11(17)10-7-19-16-9(10)2/h6-7H,3-5H2,1-2H3,(H,15,17). The lowest BCUT2D eigenvalue weighted by atomic mass is 9.77. The molecule has 0 spiro atoms. The largest absolute Gasteiger partial charge is 0.340 e. The number of aromatic nitrogens is 2. The van der Waals surface area contributed by atoms with Gasteiger partial charge in [0.25, 0.3) is 5.91 Å². The van der Waals surface area contributed by atoms with Crippen LogP contribution >= 0.6 is 22.9 Å². The van der Waals surface area contributed by atoms with Crippen molar-refractivity contribution >= 4 is 28.8 Å². The number of thiazole rings is 1. The smallest absolute Gasteiger partial charge is 0.254 e. The highest BCUT2D eigenvalue weighted by Crippen LogP contribution is 2.42. The minimum absolute atomic E-state index is 0.0289. The fourth-order valence-corrected chi connectivity index (χ4v) is 4.00. The molecule has 1 saturated carbocycles. The molecule has 4 nitrogen and oxygen atoms in total. The maximum absolute atomic E-state index is 12.3. The molecule has 0 radical (unpaired) electrons. The summed E-state index contributed by atoms with van der Waals surface area (Å²) in [6.45, 7) is 3.85. The zero-order valence-corrected chi connectivity index (χ0v) is 12.5. The van der Waals surface area contributed by atoms with Crippen LogP contribution in [0, 0.1) is 13.8 Å². The number of carbonyl (C=O) groups is 1. The van der Waals surface area contributed by atoms with Crippen molar-refractivity contribution in [2.45, 2.75) is 38.6 Å². The van der Waals surface area contributed by atoms with Gasteiger partial charge in [-0.2, -0.15) is 4.37 Å². The summed E-state index contributed by atoms with van der Waals surface area (Å²) in [5.41, 5.74) is 2.26. The maximum Gasteiger partial charge on any atom is 0.254 e. The van der Waals surface area contributed by atoms with Gasteiger partial charge in [-0.3, -0.25) is 4.79 Å². The molecule has 2 aromatic heterocycles. The number of amides is 1. The molecule has 3 rings (SSSR count). The van der Waals surface area contributed by atoms with Crippen LogP contribution in [0.4, 0.5) is 0 Å². The number of aryl methyl sites for hydroxylation is 2. The van der Waals surface area contributed by atoms with Crippen LogP contribution < -0.4 is 5.32 Å². The summed E-state index contributed by atoms with van der Waals surface area (Å²) in [5, 5.41) is 8.06. The molecule has 0 bridgehead atoms. The molecule has 0 saturated heterocycles. The molecular weight excluding hydrogens is 278 g/mol. The van der Waals surface area contributed by atoms with Crippen LogP contribution in [-0.4, -0.2) is 15.3 Å².